The molecule has 1 rings (SSSR count). The van der Waals surface area contributed by atoms with Gasteiger partial charge in [-0.25, -0.2) is 0 Å². The van der Waals surface area contributed by atoms with E-state index in [-0.39, 0.29) is 17.6 Å². The minimum atomic E-state index is 0.0775. The van der Waals surface area contributed by atoms with Crippen LogP contribution in [0.4, 0.5) is 0 Å². The van der Waals surface area contributed by atoms with E-state index in [1.165, 1.54) is 17.6 Å². The smallest absolute Gasteiger partial charge is 0.223 e. The Labute approximate surface area is 221 Å². The van der Waals surface area contributed by atoms with Crippen LogP contribution in [0.1, 0.15) is 105 Å². The molecular weight excluding hydrogens is 448 g/mol. The fourth-order valence-electron chi connectivity index (χ4n) is 4.48. The predicted octanol–water partition coefficient (Wildman–Crippen LogP) is 6.99. The molecule has 0 bridgehead atoms. The maximum Gasteiger partial charge on any atom is 0.223 e. The van der Waals surface area contributed by atoms with E-state index in [1.54, 1.807) is 0 Å². The van der Waals surface area contributed by atoms with Gasteiger partial charge < -0.3 is 15.0 Å². The molecule has 0 heterocycles. The van der Waals surface area contributed by atoms with Crippen molar-refractivity contribution in [2.75, 3.05) is 33.8 Å². The van der Waals surface area contributed by atoms with Gasteiger partial charge in [0, 0.05) is 31.7 Å². The van der Waals surface area contributed by atoms with E-state index in [0.29, 0.717) is 25.3 Å². The molecule has 0 aliphatic heterocycles. The monoisotopic (exact) mass is 502 g/mol. The maximum atomic E-state index is 12.6. The molecule has 0 spiro atoms. The first-order chi connectivity index (χ1) is 17.3. The summed E-state index contributed by atoms with van der Waals surface area (Å²) in [6.07, 6.45) is 17.7. The second-order valence-corrected chi connectivity index (χ2v) is 10.5. The quantitative estimate of drug-likeness (QED) is 0.0949. The van der Waals surface area contributed by atoms with Crippen molar-refractivity contribution in [1.82, 2.24) is 10.2 Å². The fourth-order valence-corrected chi connectivity index (χ4v) is 4.48. The number of rotatable bonds is 18. The van der Waals surface area contributed by atoms with E-state index >= 15 is 0 Å². The van der Waals surface area contributed by atoms with Crippen LogP contribution in [0.25, 0.3) is 0 Å². The average Bonchev–Trinajstić information content (AvgIpc) is 3.12. The lowest BCUT2D eigenvalue weighted by Crippen LogP contribution is -2.31. The molecule has 1 aliphatic rings. The van der Waals surface area contributed by atoms with Gasteiger partial charge in [0.2, 0.25) is 5.91 Å². The van der Waals surface area contributed by atoms with Crippen LogP contribution >= 0.6 is 0 Å². The second-order valence-electron chi connectivity index (χ2n) is 10.5. The third-order valence-corrected chi connectivity index (χ3v) is 7.29. The largest absolute Gasteiger partial charge is 0.498 e. The van der Waals surface area contributed by atoms with Gasteiger partial charge in [-0.3, -0.25) is 9.59 Å². The second kappa shape index (κ2) is 19.3. The number of hydrogen-bond acceptors (Lipinski definition) is 4. The zero-order valence-electron chi connectivity index (χ0n) is 24.2. The van der Waals surface area contributed by atoms with Gasteiger partial charge >= 0.3 is 0 Å². The summed E-state index contributed by atoms with van der Waals surface area (Å²) in [5.74, 6) is 2.16. The van der Waals surface area contributed by atoms with Gasteiger partial charge in [0.1, 0.15) is 5.78 Å². The minimum Gasteiger partial charge on any atom is -0.498 e. The summed E-state index contributed by atoms with van der Waals surface area (Å²) in [6, 6.07) is 0. The van der Waals surface area contributed by atoms with Crippen LogP contribution < -0.4 is 5.32 Å². The van der Waals surface area contributed by atoms with Crippen LogP contribution in [0.3, 0.4) is 0 Å². The van der Waals surface area contributed by atoms with Crippen LogP contribution in [0.5, 0.6) is 0 Å². The van der Waals surface area contributed by atoms with Crippen molar-refractivity contribution in [2.24, 2.45) is 11.8 Å². The molecule has 0 saturated carbocycles. The van der Waals surface area contributed by atoms with Crippen LogP contribution in [0.15, 0.2) is 35.1 Å². The summed E-state index contributed by atoms with van der Waals surface area (Å²) >= 11 is 0. The molecular formula is C31H54N2O3. The van der Waals surface area contributed by atoms with Gasteiger partial charge in [-0.2, -0.15) is 0 Å². The topological polar surface area (TPSA) is 58.6 Å². The van der Waals surface area contributed by atoms with E-state index in [1.807, 2.05) is 6.92 Å². The van der Waals surface area contributed by atoms with E-state index in [4.69, 9.17) is 4.74 Å². The molecule has 36 heavy (non-hydrogen) atoms. The molecule has 0 aromatic heterocycles. The lowest BCUT2D eigenvalue weighted by atomic mass is 9.95. The number of nitrogens with one attached hydrogen (secondary N) is 1. The molecule has 5 heteroatoms. The van der Waals surface area contributed by atoms with Gasteiger partial charge in [0.15, 0.2) is 0 Å². The molecule has 1 aliphatic carbocycles. The van der Waals surface area contributed by atoms with Gasteiger partial charge in [0.05, 0.1) is 12.4 Å². The Morgan fingerprint density at radius 3 is 2.53 bits per heavy atom. The standard InChI is InChI=1S/C31H54N2O3/c1-7-25(17-19-30(10-4)36-24-26(8-2)20-22-33(5)6)23-27-13-11-14-28(18-16-27)31(35)32-21-12-15-29(34)9-3/h13,17,19,26,28H,7-12,14-16,18,20-24H2,1-6H3,(H,32,35)/b25-17+,30-19+. The van der Waals surface area contributed by atoms with E-state index in [0.717, 1.165) is 76.7 Å². The summed E-state index contributed by atoms with van der Waals surface area (Å²) in [5.41, 5.74) is 2.87. The molecule has 2 atom stereocenters. The van der Waals surface area contributed by atoms with Gasteiger partial charge in [-0.1, -0.05) is 57.4 Å². The SMILES string of the molecule is CCC(=O)CCCNC(=O)C1CCC=C(C/C(=C/C=C(\CC)OCC(CC)CCN(C)C)CC)CC1. The molecule has 5 nitrogen and oxygen atoms in total. The number of nitrogens with zero attached hydrogens (tertiary/aromatic N) is 1. The number of hydrogen-bond donors (Lipinski definition) is 1. The third-order valence-electron chi connectivity index (χ3n) is 7.29. The van der Waals surface area contributed by atoms with Crippen LogP contribution in [0.2, 0.25) is 0 Å². The van der Waals surface area contributed by atoms with Gasteiger partial charge in [-0.05, 0) is 84.0 Å². The highest BCUT2D eigenvalue weighted by atomic mass is 16.5. The van der Waals surface area contributed by atoms with Crippen molar-refractivity contribution in [2.45, 2.75) is 105 Å². The number of ketones is 1. The average molecular weight is 503 g/mol. The lowest BCUT2D eigenvalue weighted by Gasteiger charge is -2.19. The minimum absolute atomic E-state index is 0.0775. The van der Waals surface area contributed by atoms with Crippen molar-refractivity contribution in [1.29, 1.82) is 0 Å². The summed E-state index contributed by atoms with van der Waals surface area (Å²) < 4.78 is 6.20. The van der Waals surface area contributed by atoms with E-state index in [9.17, 15) is 9.59 Å². The molecule has 0 saturated heterocycles. The molecule has 2 unspecified atom stereocenters. The first-order valence-corrected chi connectivity index (χ1v) is 14.5. The molecule has 1 amide bonds. The van der Waals surface area contributed by atoms with Crippen LogP contribution in [-0.4, -0.2) is 50.4 Å². The van der Waals surface area contributed by atoms with Crippen LogP contribution in [0, 0.1) is 11.8 Å². The summed E-state index contributed by atoms with van der Waals surface area (Å²) in [7, 11) is 4.25. The Morgan fingerprint density at radius 2 is 1.89 bits per heavy atom. The number of ether oxygens (including phenoxy) is 1. The Hall–Kier alpha value is -1.88. The van der Waals surface area contributed by atoms with E-state index < -0.39 is 0 Å². The maximum absolute atomic E-state index is 12.6. The number of Topliss-reactive ketones (excluding diaryl/α,β-unsaturated/α-hetero) is 1. The number of carbonyl (C=O) groups is 2. The summed E-state index contributed by atoms with van der Waals surface area (Å²) in [6.45, 7) is 11.0. The molecule has 0 radical (unpaired) electrons. The normalized spacial score (nSPS) is 18.0. The van der Waals surface area contributed by atoms with Crippen molar-refractivity contribution in [3.05, 3.63) is 35.1 Å². The molecule has 0 aromatic carbocycles. The fraction of sp³-hybridized carbons (Fsp3) is 0.742. The predicted molar refractivity (Wildman–Crippen MR) is 152 cm³/mol. The first-order valence-electron chi connectivity index (χ1n) is 14.5. The highest BCUT2D eigenvalue weighted by Crippen LogP contribution is 2.28. The van der Waals surface area contributed by atoms with Gasteiger partial charge in [0.25, 0.3) is 0 Å². The Bertz CT molecular complexity index is 736. The highest BCUT2D eigenvalue weighted by Gasteiger charge is 2.20. The number of allylic oxidation sites excluding steroid dienone is 6. The molecule has 1 N–H and O–H groups in total. The number of amides is 1. The van der Waals surface area contributed by atoms with Crippen molar-refractivity contribution < 1.29 is 14.3 Å². The molecule has 0 fully saturated rings. The number of carbonyl (C=O) groups excluding carboxylic acids is 2. The molecule has 206 valence electrons. The third kappa shape index (κ3) is 14.0. The Balaban J connectivity index is 2.55. The Kier molecular flexibility index (Phi) is 17.2. The molecule has 0 aromatic rings. The lowest BCUT2D eigenvalue weighted by molar-refractivity contribution is -0.125. The zero-order chi connectivity index (χ0) is 26.8. The zero-order valence-corrected chi connectivity index (χ0v) is 24.2. The summed E-state index contributed by atoms with van der Waals surface area (Å²) in [5, 5.41) is 3.05. The first kappa shape index (κ1) is 32.1. The van der Waals surface area contributed by atoms with Gasteiger partial charge in [-0.15, -0.1) is 0 Å². The van der Waals surface area contributed by atoms with E-state index in [2.05, 4.69) is 63.3 Å². The van der Waals surface area contributed by atoms with Crippen molar-refractivity contribution in [3.8, 4) is 0 Å². The van der Waals surface area contributed by atoms with Crippen LogP contribution in [-0.2, 0) is 14.3 Å². The highest BCUT2D eigenvalue weighted by molar-refractivity contribution is 5.79. The van der Waals surface area contributed by atoms with Crippen molar-refractivity contribution in [3.63, 3.8) is 0 Å². The van der Waals surface area contributed by atoms with Crippen molar-refractivity contribution >= 4 is 11.7 Å². The Morgan fingerprint density at radius 1 is 1.11 bits per heavy atom. The summed E-state index contributed by atoms with van der Waals surface area (Å²) in [4.78, 5) is 26.3.